The van der Waals surface area contributed by atoms with E-state index in [-0.39, 0.29) is 0 Å². The van der Waals surface area contributed by atoms with E-state index in [0.717, 1.165) is 43.2 Å². The van der Waals surface area contributed by atoms with Crippen molar-refractivity contribution >= 4 is 5.96 Å². The Balaban J connectivity index is 1.66. The van der Waals surface area contributed by atoms with Crippen LogP contribution in [0.2, 0.25) is 0 Å². The summed E-state index contributed by atoms with van der Waals surface area (Å²) in [4.78, 5) is 7.48. The van der Waals surface area contributed by atoms with Gasteiger partial charge in [0.25, 0.3) is 0 Å². The summed E-state index contributed by atoms with van der Waals surface area (Å²) in [5, 5.41) is 15.8. The molecule has 2 aliphatic rings. The van der Waals surface area contributed by atoms with Crippen LogP contribution in [0.4, 0.5) is 0 Å². The number of aliphatic imine (C=N–C) groups is 1. The minimum atomic E-state index is 0.417. The fourth-order valence-corrected chi connectivity index (χ4v) is 5.39. The maximum atomic E-state index is 4.90. The van der Waals surface area contributed by atoms with E-state index in [2.05, 4.69) is 46.5 Å². The van der Waals surface area contributed by atoms with Crippen LogP contribution in [0.1, 0.15) is 77.4 Å². The summed E-state index contributed by atoms with van der Waals surface area (Å²) in [6.45, 7) is 13.8. The molecule has 1 saturated heterocycles. The van der Waals surface area contributed by atoms with Crippen molar-refractivity contribution < 1.29 is 0 Å². The van der Waals surface area contributed by atoms with Gasteiger partial charge in [-0.05, 0) is 63.5 Å². The lowest BCUT2D eigenvalue weighted by Gasteiger charge is -2.32. The molecule has 0 bridgehead atoms. The molecule has 1 aromatic heterocycles. The largest absolute Gasteiger partial charge is 0.356 e. The van der Waals surface area contributed by atoms with E-state index in [1.165, 1.54) is 51.5 Å². The fourth-order valence-electron chi connectivity index (χ4n) is 5.39. The zero-order valence-corrected chi connectivity index (χ0v) is 19.9. The molecule has 2 N–H and O–H groups in total. The highest BCUT2D eigenvalue weighted by Gasteiger charge is 2.34. The van der Waals surface area contributed by atoms with Gasteiger partial charge in [-0.25, -0.2) is 4.99 Å². The van der Waals surface area contributed by atoms with E-state index in [1.54, 1.807) is 0 Å². The summed E-state index contributed by atoms with van der Waals surface area (Å²) in [6, 6.07) is 0.607. The third-order valence-corrected chi connectivity index (χ3v) is 7.11. The van der Waals surface area contributed by atoms with Crippen molar-refractivity contribution in [1.82, 2.24) is 30.3 Å². The number of likely N-dealkylation sites (tertiary alicyclic amines) is 1. The highest BCUT2D eigenvalue weighted by molar-refractivity contribution is 5.79. The molecule has 7 heteroatoms. The van der Waals surface area contributed by atoms with E-state index < -0.39 is 0 Å². The van der Waals surface area contributed by atoms with Gasteiger partial charge in [0.1, 0.15) is 12.4 Å². The van der Waals surface area contributed by atoms with Crippen molar-refractivity contribution in [3.05, 3.63) is 11.6 Å². The van der Waals surface area contributed by atoms with Crippen LogP contribution in [0.15, 0.2) is 4.99 Å². The molecule has 0 spiro atoms. The summed E-state index contributed by atoms with van der Waals surface area (Å²) in [5.74, 6) is 3.49. The van der Waals surface area contributed by atoms with Gasteiger partial charge >= 0.3 is 0 Å². The van der Waals surface area contributed by atoms with E-state index >= 15 is 0 Å². The van der Waals surface area contributed by atoms with Crippen molar-refractivity contribution in [3.8, 4) is 0 Å². The normalized spacial score (nSPS) is 22.2. The van der Waals surface area contributed by atoms with Crippen molar-refractivity contribution in [2.75, 3.05) is 26.2 Å². The highest BCUT2D eigenvalue weighted by atomic mass is 15.3. The second-order valence-corrected chi connectivity index (χ2v) is 9.85. The van der Waals surface area contributed by atoms with Gasteiger partial charge in [0.15, 0.2) is 11.8 Å². The molecule has 30 heavy (non-hydrogen) atoms. The van der Waals surface area contributed by atoms with Crippen molar-refractivity contribution in [1.29, 1.82) is 0 Å². The van der Waals surface area contributed by atoms with Crippen LogP contribution in [0, 0.1) is 18.3 Å². The monoisotopic (exact) mass is 417 g/mol. The number of hydrogen-bond acceptors (Lipinski definition) is 4. The van der Waals surface area contributed by atoms with Crippen molar-refractivity contribution in [3.63, 3.8) is 0 Å². The van der Waals surface area contributed by atoms with Gasteiger partial charge < -0.3 is 15.2 Å². The molecule has 1 aromatic rings. The van der Waals surface area contributed by atoms with Gasteiger partial charge in [0.2, 0.25) is 0 Å². The van der Waals surface area contributed by atoms with Crippen molar-refractivity contribution in [2.24, 2.45) is 23.4 Å². The van der Waals surface area contributed by atoms with Crippen LogP contribution < -0.4 is 10.6 Å². The molecule has 0 amide bonds. The molecular formula is C23H43N7. The third-order valence-electron chi connectivity index (χ3n) is 7.11. The second-order valence-electron chi connectivity index (χ2n) is 9.85. The first-order valence-electron chi connectivity index (χ1n) is 12.0. The highest BCUT2D eigenvalue weighted by Crippen LogP contribution is 2.42. The van der Waals surface area contributed by atoms with E-state index in [0.29, 0.717) is 18.0 Å². The van der Waals surface area contributed by atoms with E-state index in [9.17, 15) is 0 Å². The number of rotatable bonds is 9. The van der Waals surface area contributed by atoms with Gasteiger partial charge in [0.05, 0.1) is 0 Å². The number of likely N-dealkylation sites (N-methyl/N-ethyl adjacent to an activating group) is 1. The van der Waals surface area contributed by atoms with Crippen LogP contribution in [0.5, 0.6) is 0 Å². The lowest BCUT2D eigenvalue weighted by Crippen LogP contribution is -2.47. The molecule has 1 saturated carbocycles. The van der Waals surface area contributed by atoms with Gasteiger partial charge in [-0.2, -0.15) is 0 Å². The Morgan fingerprint density at radius 2 is 1.97 bits per heavy atom. The zero-order valence-electron chi connectivity index (χ0n) is 19.9. The molecule has 2 fully saturated rings. The summed E-state index contributed by atoms with van der Waals surface area (Å²) in [6.07, 6.45) is 9.26. The fraction of sp³-hybridized carbons (Fsp3) is 0.870. The SMILES string of the molecule is CCN1CCCC1CNC(=NCc1nnc(C)n1C)NCC1(CC(C)C)CCCC1. The van der Waals surface area contributed by atoms with Crippen LogP contribution in [0.25, 0.3) is 0 Å². The zero-order chi connectivity index (χ0) is 21.6. The van der Waals surface area contributed by atoms with Gasteiger partial charge in [-0.15, -0.1) is 10.2 Å². The Bertz CT molecular complexity index is 688. The van der Waals surface area contributed by atoms with Gasteiger partial charge in [-0.1, -0.05) is 33.6 Å². The Hall–Kier alpha value is -1.63. The van der Waals surface area contributed by atoms with E-state index in [4.69, 9.17) is 4.99 Å². The summed E-state index contributed by atoms with van der Waals surface area (Å²) in [7, 11) is 2.01. The minimum Gasteiger partial charge on any atom is -0.356 e. The standard InChI is InChI=1S/C23H43N7/c1-6-30-13-9-10-20(30)15-24-22(25-16-21-28-27-19(4)29(21)5)26-17-23(14-18(2)3)11-7-8-12-23/h18,20H,6-17H2,1-5H3,(H2,24,25,26). The molecule has 1 aliphatic heterocycles. The Labute approximate surface area is 183 Å². The summed E-state index contributed by atoms with van der Waals surface area (Å²) < 4.78 is 2.02. The molecule has 0 aromatic carbocycles. The summed E-state index contributed by atoms with van der Waals surface area (Å²) >= 11 is 0. The van der Waals surface area contributed by atoms with Crippen LogP contribution in [-0.4, -0.2) is 57.8 Å². The average molecular weight is 418 g/mol. The molecule has 1 aliphatic carbocycles. The van der Waals surface area contributed by atoms with E-state index in [1.807, 2.05) is 18.5 Å². The predicted octanol–water partition coefficient (Wildman–Crippen LogP) is 3.25. The number of aryl methyl sites for hydroxylation is 1. The molecule has 3 rings (SSSR count). The maximum Gasteiger partial charge on any atom is 0.191 e. The quantitative estimate of drug-likeness (QED) is 0.477. The minimum absolute atomic E-state index is 0.417. The molecule has 7 nitrogen and oxygen atoms in total. The Morgan fingerprint density at radius 3 is 2.60 bits per heavy atom. The number of guanidine groups is 1. The van der Waals surface area contributed by atoms with Crippen LogP contribution in [0.3, 0.4) is 0 Å². The Morgan fingerprint density at radius 1 is 1.20 bits per heavy atom. The first kappa shape index (κ1) is 23.0. The van der Waals surface area contributed by atoms with Crippen molar-refractivity contribution in [2.45, 2.75) is 85.2 Å². The molecule has 1 atom stereocenters. The first-order chi connectivity index (χ1) is 14.4. The molecule has 1 unspecified atom stereocenters. The lowest BCUT2D eigenvalue weighted by atomic mass is 9.78. The van der Waals surface area contributed by atoms with Gasteiger partial charge in [0, 0.05) is 26.2 Å². The third kappa shape index (κ3) is 5.96. The smallest absolute Gasteiger partial charge is 0.191 e. The predicted molar refractivity (Wildman–Crippen MR) is 124 cm³/mol. The molecular weight excluding hydrogens is 374 g/mol. The maximum absolute atomic E-state index is 4.90. The number of nitrogens with one attached hydrogen (secondary N) is 2. The first-order valence-corrected chi connectivity index (χ1v) is 12.0. The summed E-state index contributed by atoms with van der Waals surface area (Å²) in [5.41, 5.74) is 0.417. The Kier molecular flexibility index (Phi) is 8.14. The van der Waals surface area contributed by atoms with Crippen LogP contribution >= 0.6 is 0 Å². The average Bonchev–Trinajstić information content (AvgIpc) is 3.43. The number of aromatic nitrogens is 3. The van der Waals surface area contributed by atoms with Gasteiger partial charge in [-0.3, -0.25) is 4.90 Å². The number of hydrogen-bond donors (Lipinski definition) is 2. The number of nitrogens with zero attached hydrogens (tertiary/aromatic N) is 5. The van der Waals surface area contributed by atoms with Crippen LogP contribution in [-0.2, 0) is 13.6 Å². The lowest BCUT2D eigenvalue weighted by molar-refractivity contribution is 0.234. The molecule has 2 heterocycles. The molecule has 0 radical (unpaired) electrons. The second kappa shape index (κ2) is 10.6. The molecule has 170 valence electrons. The topological polar surface area (TPSA) is 70.4 Å².